The third-order valence-corrected chi connectivity index (χ3v) is 6.28. The van der Waals surface area contributed by atoms with Crippen LogP contribution in [0.1, 0.15) is 48.1 Å². The second-order valence-corrected chi connectivity index (χ2v) is 9.16. The van der Waals surface area contributed by atoms with Gasteiger partial charge in [-0.25, -0.2) is 0 Å². The van der Waals surface area contributed by atoms with Gasteiger partial charge in [-0.2, -0.15) is 0 Å². The van der Waals surface area contributed by atoms with Crippen LogP contribution in [0, 0.1) is 5.92 Å². The fourth-order valence-electron chi connectivity index (χ4n) is 4.03. The molecule has 1 atom stereocenters. The summed E-state index contributed by atoms with van der Waals surface area (Å²) in [5.74, 6) is 0.253. The third-order valence-electron chi connectivity index (χ3n) is 6.28. The molecule has 10 nitrogen and oxygen atoms in total. The van der Waals surface area contributed by atoms with Crippen molar-refractivity contribution in [2.24, 2.45) is 5.92 Å². The van der Waals surface area contributed by atoms with Crippen LogP contribution in [-0.2, 0) is 14.4 Å². The molecule has 4 N–H and O–H groups in total. The molecule has 0 aromatic heterocycles. The zero-order valence-electron chi connectivity index (χ0n) is 20.9. The molecule has 1 saturated heterocycles. The number of hydrogen-bond acceptors (Lipinski definition) is 6. The van der Waals surface area contributed by atoms with E-state index in [0.29, 0.717) is 17.9 Å². The normalized spacial score (nSPS) is 17.2. The van der Waals surface area contributed by atoms with E-state index in [4.69, 9.17) is 4.74 Å². The second-order valence-electron chi connectivity index (χ2n) is 9.16. The summed E-state index contributed by atoms with van der Waals surface area (Å²) in [6.45, 7) is 3.23. The van der Waals surface area contributed by atoms with Crippen LogP contribution in [0.4, 0.5) is 5.69 Å². The number of hydrogen-bond donors (Lipinski definition) is 4. The Hall–Kier alpha value is -3.92. The lowest BCUT2D eigenvalue weighted by molar-refractivity contribution is -0.139. The number of benzene rings is 2. The summed E-state index contributed by atoms with van der Waals surface area (Å²) in [5, 5.41) is 11.6. The van der Waals surface area contributed by atoms with Crippen molar-refractivity contribution in [3.63, 3.8) is 0 Å². The van der Waals surface area contributed by atoms with Gasteiger partial charge in [-0.3, -0.25) is 24.5 Å². The Balaban J connectivity index is 1.13. The monoisotopic (exact) mass is 507 g/mol. The summed E-state index contributed by atoms with van der Waals surface area (Å²) in [6, 6.07) is 14.2. The summed E-state index contributed by atoms with van der Waals surface area (Å²) in [4.78, 5) is 50.5. The van der Waals surface area contributed by atoms with E-state index in [0.717, 1.165) is 24.2 Å². The SMILES string of the molecule is CCOc1ccc(C2CC(=O)N(CC(=O)NCCNC(=O)c3ccc(NC(=O)C4CC4)cc3)CN2)cc1. The van der Waals surface area contributed by atoms with E-state index in [1.807, 2.05) is 31.2 Å². The fraction of sp³-hybridized carbons (Fsp3) is 0.407. The summed E-state index contributed by atoms with van der Waals surface area (Å²) in [6.07, 6.45) is 2.12. The van der Waals surface area contributed by atoms with Gasteiger partial charge in [-0.05, 0) is 61.7 Å². The molecule has 2 aromatic rings. The molecule has 1 unspecified atom stereocenters. The van der Waals surface area contributed by atoms with Crippen molar-refractivity contribution in [2.45, 2.75) is 32.2 Å². The van der Waals surface area contributed by atoms with Crippen LogP contribution >= 0.6 is 0 Å². The summed E-state index contributed by atoms with van der Waals surface area (Å²) in [5.41, 5.74) is 2.12. The number of anilines is 1. The molecule has 1 aliphatic heterocycles. The minimum absolute atomic E-state index is 0.0161. The summed E-state index contributed by atoms with van der Waals surface area (Å²) < 4.78 is 5.45. The minimum atomic E-state index is -0.292. The lowest BCUT2D eigenvalue weighted by Gasteiger charge is -2.32. The predicted molar refractivity (Wildman–Crippen MR) is 138 cm³/mol. The first-order valence-electron chi connectivity index (χ1n) is 12.6. The first-order valence-corrected chi connectivity index (χ1v) is 12.6. The molecule has 0 spiro atoms. The molecular weight excluding hydrogens is 474 g/mol. The standard InChI is InChI=1S/C27H33N5O5/c1-2-37-22-11-7-18(8-12-22)23-15-25(34)32(17-30-23)16-24(33)28-13-14-29-26(35)19-5-9-21(10-6-19)31-27(36)20-3-4-20/h5-12,20,23,30H,2-4,13-17H2,1H3,(H,28,33)(H,29,35)(H,31,36). The number of amides is 4. The highest BCUT2D eigenvalue weighted by atomic mass is 16.5. The molecule has 1 aliphatic carbocycles. The molecule has 1 heterocycles. The first-order chi connectivity index (χ1) is 17.9. The van der Waals surface area contributed by atoms with Gasteiger partial charge in [0.1, 0.15) is 12.3 Å². The molecule has 4 amide bonds. The number of ether oxygens (including phenoxy) is 1. The van der Waals surface area contributed by atoms with E-state index < -0.39 is 0 Å². The number of nitrogens with one attached hydrogen (secondary N) is 4. The van der Waals surface area contributed by atoms with Crippen molar-refractivity contribution in [3.05, 3.63) is 59.7 Å². The number of carbonyl (C=O) groups is 4. The maximum Gasteiger partial charge on any atom is 0.251 e. The molecule has 4 rings (SSSR count). The van der Waals surface area contributed by atoms with E-state index in [9.17, 15) is 19.2 Å². The Labute approximate surface area is 216 Å². The van der Waals surface area contributed by atoms with Gasteiger partial charge in [0.2, 0.25) is 17.7 Å². The van der Waals surface area contributed by atoms with Gasteiger partial charge in [0, 0.05) is 42.7 Å². The van der Waals surface area contributed by atoms with Gasteiger partial charge in [0.25, 0.3) is 5.91 Å². The Morgan fingerprint density at radius 1 is 1.00 bits per heavy atom. The maximum atomic E-state index is 12.6. The van der Waals surface area contributed by atoms with Gasteiger partial charge >= 0.3 is 0 Å². The topological polar surface area (TPSA) is 129 Å². The van der Waals surface area contributed by atoms with Crippen molar-refractivity contribution in [3.8, 4) is 5.75 Å². The van der Waals surface area contributed by atoms with Gasteiger partial charge < -0.3 is 25.6 Å². The highest BCUT2D eigenvalue weighted by Gasteiger charge is 2.29. The average Bonchev–Trinajstić information content (AvgIpc) is 3.75. The molecule has 10 heteroatoms. The lowest BCUT2D eigenvalue weighted by Crippen LogP contribution is -2.51. The van der Waals surface area contributed by atoms with E-state index in [1.54, 1.807) is 24.3 Å². The van der Waals surface area contributed by atoms with Crippen LogP contribution in [0.5, 0.6) is 5.75 Å². The molecule has 2 aromatic carbocycles. The fourth-order valence-corrected chi connectivity index (χ4v) is 4.03. The minimum Gasteiger partial charge on any atom is -0.494 e. The van der Waals surface area contributed by atoms with Crippen molar-refractivity contribution in [1.29, 1.82) is 0 Å². The number of rotatable bonds is 11. The quantitative estimate of drug-likeness (QED) is 0.344. The van der Waals surface area contributed by atoms with Crippen molar-refractivity contribution >= 4 is 29.3 Å². The highest BCUT2D eigenvalue weighted by molar-refractivity contribution is 5.96. The van der Waals surface area contributed by atoms with Crippen LogP contribution in [0.25, 0.3) is 0 Å². The van der Waals surface area contributed by atoms with Crippen LogP contribution in [0.3, 0.4) is 0 Å². The molecule has 0 radical (unpaired) electrons. The smallest absolute Gasteiger partial charge is 0.251 e. The van der Waals surface area contributed by atoms with E-state index in [2.05, 4.69) is 21.3 Å². The van der Waals surface area contributed by atoms with Crippen LogP contribution in [0.15, 0.2) is 48.5 Å². The van der Waals surface area contributed by atoms with E-state index >= 15 is 0 Å². The van der Waals surface area contributed by atoms with E-state index in [1.165, 1.54) is 4.90 Å². The van der Waals surface area contributed by atoms with E-state index in [-0.39, 0.29) is 68.3 Å². The Kier molecular flexibility index (Phi) is 8.73. The average molecular weight is 508 g/mol. The molecule has 37 heavy (non-hydrogen) atoms. The Morgan fingerprint density at radius 2 is 1.70 bits per heavy atom. The largest absolute Gasteiger partial charge is 0.494 e. The molecule has 2 fully saturated rings. The number of nitrogens with zero attached hydrogens (tertiary/aromatic N) is 1. The maximum absolute atomic E-state index is 12.6. The van der Waals surface area contributed by atoms with Crippen LogP contribution in [-0.4, -0.2) is 61.4 Å². The van der Waals surface area contributed by atoms with Crippen LogP contribution in [0.2, 0.25) is 0 Å². The summed E-state index contributed by atoms with van der Waals surface area (Å²) >= 11 is 0. The van der Waals surface area contributed by atoms with Crippen molar-refractivity contribution < 1.29 is 23.9 Å². The highest BCUT2D eigenvalue weighted by Crippen LogP contribution is 2.30. The summed E-state index contributed by atoms with van der Waals surface area (Å²) in [7, 11) is 0. The molecule has 0 bridgehead atoms. The molecular formula is C27H33N5O5. The number of carbonyl (C=O) groups excluding carboxylic acids is 4. The lowest BCUT2D eigenvalue weighted by atomic mass is 10.0. The molecule has 2 aliphatic rings. The second kappa shape index (κ2) is 12.4. The Morgan fingerprint density at radius 3 is 2.35 bits per heavy atom. The van der Waals surface area contributed by atoms with Crippen molar-refractivity contribution in [1.82, 2.24) is 20.9 Å². The predicted octanol–water partition coefficient (Wildman–Crippen LogP) is 1.80. The van der Waals surface area contributed by atoms with Crippen LogP contribution < -0.4 is 26.0 Å². The first kappa shape index (κ1) is 26.2. The zero-order chi connectivity index (χ0) is 26.2. The zero-order valence-corrected chi connectivity index (χ0v) is 20.9. The van der Waals surface area contributed by atoms with Gasteiger partial charge in [-0.1, -0.05) is 12.1 Å². The van der Waals surface area contributed by atoms with Gasteiger partial charge in [-0.15, -0.1) is 0 Å². The third kappa shape index (κ3) is 7.53. The molecule has 196 valence electrons. The Bertz CT molecular complexity index is 1120. The molecule has 1 saturated carbocycles. The van der Waals surface area contributed by atoms with Gasteiger partial charge in [0.05, 0.1) is 13.3 Å². The van der Waals surface area contributed by atoms with Crippen molar-refractivity contribution in [2.75, 3.05) is 38.2 Å². The van der Waals surface area contributed by atoms with Gasteiger partial charge in [0.15, 0.2) is 0 Å².